The Kier molecular flexibility index (Phi) is 6.38. The number of hydrogen-bond donors (Lipinski definition) is 1. The molecule has 118 valence electrons. The van der Waals surface area contributed by atoms with Gasteiger partial charge in [-0.1, -0.05) is 68.0 Å². The summed E-state index contributed by atoms with van der Waals surface area (Å²) in [4.78, 5) is 0. The Morgan fingerprint density at radius 2 is 1.68 bits per heavy atom. The van der Waals surface area contributed by atoms with E-state index in [0.29, 0.717) is 0 Å². The van der Waals surface area contributed by atoms with Crippen molar-refractivity contribution in [2.24, 2.45) is 0 Å². The monoisotopic (exact) mass is 307 g/mol. The van der Waals surface area contributed by atoms with Crippen LogP contribution in [-0.2, 0) is 12.6 Å². The van der Waals surface area contributed by atoms with E-state index >= 15 is 0 Å². The van der Waals surface area contributed by atoms with Gasteiger partial charge < -0.3 is 6.15 Å². The van der Waals surface area contributed by atoms with Crippen LogP contribution < -0.4 is 6.15 Å². The van der Waals surface area contributed by atoms with Crippen LogP contribution in [0.15, 0.2) is 48.5 Å². The average Bonchev–Trinajstić information content (AvgIpc) is 2.45. The molecule has 2 rings (SSSR count). The standard InChI is InChI=1S/C18H17F3.H3N/c1-2-6-14-7-5-8-15(13-14)11-12-16-9-3-4-10-17(16)18(19,20)21;/h3-5,7-13H,2,6H2,1H3;1H3. The summed E-state index contributed by atoms with van der Waals surface area (Å²) in [7, 11) is 0. The highest BCUT2D eigenvalue weighted by Gasteiger charge is 2.32. The SMILES string of the molecule is CCCc1cccc(C=Cc2ccccc2C(F)(F)F)c1.N. The van der Waals surface area contributed by atoms with E-state index in [1.165, 1.54) is 23.8 Å². The summed E-state index contributed by atoms with van der Waals surface area (Å²) in [6.07, 6.45) is 0.938. The maximum atomic E-state index is 12.9. The van der Waals surface area contributed by atoms with Gasteiger partial charge in [0.05, 0.1) is 5.56 Å². The molecule has 22 heavy (non-hydrogen) atoms. The number of alkyl halides is 3. The van der Waals surface area contributed by atoms with Crippen LogP contribution in [0.5, 0.6) is 0 Å². The van der Waals surface area contributed by atoms with Gasteiger partial charge in [-0.2, -0.15) is 13.2 Å². The van der Waals surface area contributed by atoms with Gasteiger partial charge in [-0.3, -0.25) is 0 Å². The zero-order valence-electron chi connectivity index (χ0n) is 12.5. The first-order chi connectivity index (χ1) is 10.0. The summed E-state index contributed by atoms with van der Waals surface area (Å²) < 4.78 is 38.7. The molecular formula is C18H20F3N. The second kappa shape index (κ2) is 7.80. The fraction of sp³-hybridized carbons (Fsp3) is 0.222. The fourth-order valence-corrected chi connectivity index (χ4v) is 2.23. The van der Waals surface area contributed by atoms with Crippen molar-refractivity contribution in [2.75, 3.05) is 0 Å². The molecule has 0 spiro atoms. The number of benzene rings is 2. The number of aryl methyl sites for hydroxylation is 1. The molecule has 0 saturated carbocycles. The van der Waals surface area contributed by atoms with E-state index < -0.39 is 11.7 Å². The van der Waals surface area contributed by atoms with E-state index in [9.17, 15) is 13.2 Å². The van der Waals surface area contributed by atoms with Crippen molar-refractivity contribution in [3.05, 3.63) is 70.8 Å². The van der Waals surface area contributed by atoms with E-state index in [0.717, 1.165) is 24.5 Å². The van der Waals surface area contributed by atoms with Crippen molar-refractivity contribution in [2.45, 2.75) is 25.9 Å². The quantitative estimate of drug-likeness (QED) is 0.692. The maximum Gasteiger partial charge on any atom is 0.416 e. The molecule has 0 aliphatic rings. The molecule has 0 radical (unpaired) electrons. The molecule has 0 unspecified atom stereocenters. The predicted octanol–water partition coefficient (Wildman–Crippen LogP) is 5.99. The van der Waals surface area contributed by atoms with Crippen LogP contribution in [0.2, 0.25) is 0 Å². The summed E-state index contributed by atoms with van der Waals surface area (Å²) in [6, 6.07) is 13.5. The van der Waals surface area contributed by atoms with Crippen LogP contribution in [0, 0.1) is 0 Å². The molecule has 2 aromatic rings. The van der Waals surface area contributed by atoms with Crippen molar-refractivity contribution in [1.29, 1.82) is 0 Å². The second-order valence-corrected chi connectivity index (χ2v) is 4.91. The second-order valence-electron chi connectivity index (χ2n) is 4.91. The molecule has 1 nitrogen and oxygen atoms in total. The first kappa shape index (κ1) is 18.0. The molecule has 0 bridgehead atoms. The van der Waals surface area contributed by atoms with Crippen LogP contribution in [0.3, 0.4) is 0 Å². The Bertz CT molecular complexity index is 630. The molecule has 0 aromatic heterocycles. The van der Waals surface area contributed by atoms with Crippen molar-refractivity contribution in [3.63, 3.8) is 0 Å². The zero-order chi connectivity index (χ0) is 15.3. The Balaban J connectivity index is 0.00000242. The number of hydrogen-bond acceptors (Lipinski definition) is 1. The van der Waals surface area contributed by atoms with Gasteiger partial charge in [0.15, 0.2) is 0 Å². The molecule has 2 aromatic carbocycles. The molecule has 0 atom stereocenters. The third-order valence-electron chi connectivity index (χ3n) is 3.21. The first-order valence-corrected chi connectivity index (χ1v) is 6.94. The van der Waals surface area contributed by atoms with Crippen LogP contribution in [0.25, 0.3) is 12.2 Å². The van der Waals surface area contributed by atoms with E-state index in [4.69, 9.17) is 0 Å². The Labute approximate surface area is 129 Å². The minimum atomic E-state index is -4.33. The van der Waals surface area contributed by atoms with Gasteiger partial charge in [0.2, 0.25) is 0 Å². The van der Waals surface area contributed by atoms with E-state index in [-0.39, 0.29) is 11.7 Å². The van der Waals surface area contributed by atoms with Gasteiger partial charge in [0.25, 0.3) is 0 Å². The average molecular weight is 307 g/mol. The van der Waals surface area contributed by atoms with Crippen LogP contribution in [0.4, 0.5) is 13.2 Å². The lowest BCUT2D eigenvalue weighted by Crippen LogP contribution is -2.06. The summed E-state index contributed by atoms with van der Waals surface area (Å²) in [5, 5.41) is 0. The van der Waals surface area contributed by atoms with Gasteiger partial charge in [-0.15, -0.1) is 0 Å². The lowest BCUT2D eigenvalue weighted by atomic mass is 10.0. The zero-order valence-corrected chi connectivity index (χ0v) is 12.5. The van der Waals surface area contributed by atoms with Gasteiger partial charge in [-0.25, -0.2) is 0 Å². The van der Waals surface area contributed by atoms with E-state index in [1.807, 2.05) is 24.3 Å². The smallest absolute Gasteiger partial charge is 0.344 e. The van der Waals surface area contributed by atoms with Crippen LogP contribution in [0.1, 0.15) is 35.6 Å². The third-order valence-corrected chi connectivity index (χ3v) is 3.21. The highest BCUT2D eigenvalue weighted by molar-refractivity contribution is 5.71. The topological polar surface area (TPSA) is 35.0 Å². The Morgan fingerprint density at radius 1 is 0.955 bits per heavy atom. The molecule has 0 aliphatic heterocycles. The molecule has 4 heteroatoms. The van der Waals surface area contributed by atoms with Crippen molar-refractivity contribution in [1.82, 2.24) is 6.15 Å². The molecule has 0 heterocycles. The number of halogens is 3. The van der Waals surface area contributed by atoms with E-state index in [2.05, 4.69) is 6.92 Å². The van der Waals surface area contributed by atoms with Crippen molar-refractivity contribution >= 4 is 12.2 Å². The molecule has 0 fully saturated rings. The minimum absolute atomic E-state index is 0. The summed E-state index contributed by atoms with van der Waals surface area (Å²) in [6.45, 7) is 2.10. The summed E-state index contributed by atoms with van der Waals surface area (Å²) in [5.74, 6) is 0. The molecule has 0 saturated heterocycles. The van der Waals surface area contributed by atoms with Crippen molar-refractivity contribution in [3.8, 4) is 0 Å². The first-order valence-electron chi connectivity index (χ1n) is 6.94. The Hall–Kier alpha value is -2.07. The van der Waals surface area contributed by atoms with Gasteiger partial charge >= 0.3 is 6.18 Å². The van der Waals surface area contributed by atoms with E-state index in [1.54, 1.807) is 12.1 Å². The maximum absolute atomic E-state index is 12.9. The lowest BCUT2D eigenvalue weighted by molar-refractivity contribution is -0.137. The van der Waals surface area contributed by atoms with Gasteiger partial charge in [0, 0.05) is 0 Å². The largest absolute Gasteiger partial charge is 0.416 e. The minimum Gasteiger partial charge on any atom is -0.344 e. The lowest BCUT2D eigenvalue weighted by Gasteiger charge is -2.09. The number of rotatable bonds is 4. The molecule has 0 amide bonds. The third kappa shape index (κ3) is 4.74. The van der Waals surface area contributed by atoms with Crippen molar-refractivity contribution < 1.29 is 13.2 Å². The van der Waals surface area contributed by atoms with Gasteiger partial charge in [0.1, 0.15) is 0 Å². The molecular weight excluding hydrogens is 287 g/mol. The van der Waals surface area contributed by atoms with Gasteiger partial charge in [-0.05, 0) is 29.2 Å². The highest BCUT2D eigenvalue weighted by atomic mass is 19.4. The van der Waals surface area contributed by atoms with Crippen LogP contribution >= 0.6 is 0 Å². The molecule has 0 aliphatic carbocycles. The Morgan fingerprint density at radius 3 is 2.36 bits per heavy atom. The summed E-state index contributed by atoms with van der Waals surface area (Å²) >= 11 is 0. The fourth-order valence-electron chi connectivity index (χ4n) is 2.23. The predicted molar refractivity (Wildman–Crippen MR) is 85.8 cm³/mol. The molecule has 3 N–H and O–H groups in total. The highest BCUT2D eigenvalue weighted by Crippen LogP contribution is 2.32. The van der Waals surface area contributed by atoms with Crippen LogP contribution in [-0.4, -0.2) is 0 Å². The normalized spacial score (nSPS) is 11.5. The summed E-state index contributed by atoms with van der Waals surface area (Å²) in [5.41, 5.74) is 1.69.